The molecule has 0 aromatic heterocycles. The van der Waals surface area contributed by atoms with Crippen molar-refractivity contribution in [3.63, 3.8) is 0 Å². The largest absolute Gasteiger partial charge is 0.381 e. The van der Waals surface area contributed by atoms with Gasteiger partial charge in [0.2, 0.25) is 10.0 Å². The van der Waals surface area contributed by atoms with E-state index in [1.165, 1.54) is 0 Å². The van der Waals surface area contributed by atoms with Gasteiger partial charge < -0.3 is 4.74 Å². The fourth-order valence-electron chi connectivity index (χ4n) is 1.59. The summed E-state index contributed by atoms with van der Waals surface area (Å²) in [5.74, 6) is -1.98. The van der Waals surface area contributed by atoms with Crippen LogP contribution in [0.4, 0.5) is 8.78 Å². The van der Waals surface area contributed by atoms with Crippen LogP contribution in [0.25, 0.3) is 0 Å². The van der Waals surface area contributed by atoms with E-state index >= 15 is 0 Å². The number of rotatable bonds is 9. The van der Waals surface area contributed by atoms with Crippen LogP contribution in [0.1, 0.15) is 26.2 Å². The molecule has 21 heavy (non-hydrogen) atoms. The monoisotopic (exact) mass is 385 g/mol. The van der Waals surface area contributed by atoms with Crippen LogP contribution in [-0.2, 0) is 14.8 Å². The maximum Gasteiger partial charge on any atom is 0.244 e. The molecule has 120 valence electrons. The van der Waals surface area contributed by atoms with Crippen LogP contribution >= 0.6 is 15.9 Å². The van der Waals surface area contributed by atoms with Crippen LogP contribution < -0.4 is 4.72 Å². The van der Waals surface area contributed by atoms with Crippen molar-refractivity contribution in [1.82, 2.24) is 4.72 Å². The number of halogens is 3. The van der Waals surface area contributed by atoms with Gasteiger partial charge in [0.1, 0.15) is 16.5 Å². The van der Waals surface area contributed by atoms with E-state index in [0.29, 0.717) is 25.7 Å². The number of hydrogen-bond donors (Lipinski definition) is 1. The molecule has 0 radical (unpaired) electrons. The molecule has 0 unspecified atom stereocenters. The second kappa shape index (κ2) is 8.77. The Morgan fingerprint density at radius 1 is 1.24 bits per heavy atom. The number of unbranched alkanes of at least 4 members (excludes halogenated alkanes) is 1. The van der Waals surface area contributed by atoms with E-state index < -0.39 is 26.6 Å². The summed E-state index contributed by atoms with van der Waals surface area (Å²) in [5, 5.41) is 0. The zero-order valence-corrected chi connectivity index (χ0v) is 14.1. The summed E-state index contributed by atoms with van der Waals surface area (Å²) < 4.78 is 57.9. The van der Waals surface area contributed by atoms with Crippen LogP contribution in [0.2, 0.25) is 0 Å². The Balaban J connectivity index is 2.55. The van der Waals surface area contributed by atoms with Crippen molar-refractivity contribution in [2.75, 3.05) is 19.8 Å². The molecular formula is C13H18BrF2NO3S. The third kappa shape index (κ3) is 5.98. The minimum absolute atomic E-state index is 0.123. The Hall–Kier alpha value is -0.570. The van der Waals surface area contributed by atoms with Crippen molar-refractivity contribution in [2.24, 2.45) is 0 Å². The number of sulfonamides is 1. The van der Waals surface area contributed by atoms with Crippen molar-refractivity contribution in [1.29, 1.82) is 0 Å². The first-order chi connectivity index (χ1) is 9.88. The van der Waals surface area contributed by atoms with E-state index in [4.69, 9.17) is 4.74 Å². The molecule has 0 amide bonds. The predicted octanol–water partition coefficient (Wildman–Crippen LogP) is 3.21. The summed E-state index contributed by atoms with van der Waals surface area (Å²) in [5.41, 5.74) is 0. The molecule has 8 heteroatoms. The van der Waals surface area contributed by atoms with Gasteiger partial charge in [-0.3, -0.25) is 0 Å². The number of ether oxygens (including phenoxy) is 1. The van der Waals surface area contributed by atoms with Gasteiger partial charge in [-0.2, -0.15) is 0 Å². The minimum atomic E-state index is -4.03. The average molecular weight is 386 g/mol. The summed E-state index contributed by atoms with van der Waals surface area (Å²) in [6.07, 6.45) is 2.47. The zero-order chi connectivity index (χ0) is 15.9. The second-order valence-corrected chi connectivity index (χ2v) is 6.97. The van der Waals surface area contributed by atoms with Crippen molar-refractivity contribution >= 4 is 26.0 Å². The maximum atomic E-state index is 13.6. The lowest BCUT2D eigenvalue weighted by molar-refractivity contribution is 0.130. The number of nitrogens with one attached hydrogen (secondary N) is 1. The lowest BCUT2D eigenvalue weighted by Crippen LogP contribution is -2.27. The summed E-state index contributed by atoms with van der Waals surface area (Å²) in [7, 11) is -4.03. The normalized spacial score (nSPS) is 11.8. The molecule has 0 aliphatic carbocycles. The molecule has 0 aliphatic heterocycles. The smallest absolute Gasteiger partial charge is 0.244 e. The molecule has 0 saturated carbocycles. The SMILES string of the molecule is CCCCOCCCNS(=O)(=O)c1c(F)cc(F)cc1Br. The molecule has 0 atom stereocenters. The molecule has 0 spiro atoms. The molecule has 1 aromatic rings. The van der Waals surface area contributed by atoms with E-state index in [0.717, 1.165) is 18.9 Å². The summed E-state index contributed by atoms with van der Waals surface area (Å²) in [4.78, 5) is -0.587. The molecule has 0 bridgehead atoms. The lowest BCUT2D eigenvalue weighted by atomic mass is 10.3. The number of hydrogen-bond acceptors (Lipinski definition) is 3. The van der Waals surface area contributed by atoms with Gasteiger partial charge >= 0.3 is 0 Å². The van der Waals surface area contributed by atoms with Gasteiger partial charge in [-0.05, 0) is 34.8 Å². The van der Waals surface area contributed by atoms with Gasteiger partial charge in [-0.15, -0.1) is 0 Å². The van der Waals surface area contributed by atoms with Gasteiger partial charge in [-0.25, -0.2) is 21.9 Å². The van der Waals surface area contributed by atoms with Crippen LogP contribution in [0.5, 0.6) is 0 Å². The molecule has 0 heterocycles. The van der Waals surface area contributed by atoms with Crippen molar-refractivity contribution in [3.05, 3.63) is 28.2 Å². The zero-order valence-electron chi connectivity index (χ0n) is 11.7. The third-order valence-electron chi connectivity index (χ3n) is 2.63. The highest BCUT2D eigenvalue weighted by molar-refractivity contribution is 9.10. The fourth-order valence-corrected chi connectivity index (χ4v) is 3.82. The van der Waals surface area contributed by atoms with E-state index in [9.17, 15) is 17.2 Å². The van der Waals surface area contributed by atoms with Crippen molar-refractivity contribution in [2.45, 2.75) is 31.1 Å². The average Bonchev–Trinajstić information content (AvgIpc) is 2.35. The molecule has 1 rings (SSSR count). The Kier molecular flexibility index (Phi) is 7.72. The molecule has 1 N–H and O–H groups in total. The van der Waals surface area contributed by atoms with Gasteiger partial charge in [0.05, 0.1) is 0 Å². The van der Waals surface area contributed by atoms with E-state index in [2.05, 4.69) is 20.7 Å². The number of benzene rings is 1. The third-order valence-corrected chi connectivity index (χ3v) is 5.06. The van der Waals surface area contributed by atoms with Crippen molar-refractivity contribution in [3.8, 4) is 0 Å². The van der Waals surface area contributed by atoms with Gasteiger partial charge in [0.25, 0.3) is 0 Å². The molecular weight excluding hydrogens is 368 g/mol. The van der Waals surface area contributed by atoms with Crippen molar-refractivity contribution < 1.29 is 21.9 Å². The first-order valence-electron chi connectivity index (χ1n) is 6.60. The first-order valence-corrected chi connectivity index (χ1v) is 8.88. The van der Waals surface area contributed by atoms with Gasteiger partial charge in [0.15, 0.2) is 0 Å². The molecule has 0 aliphatic rings. The predicted molar refractivity (Wildman–Crippen MR) is 79.6 cm³/mol. The quantitative estimate of drug-likeness (QED) is 0.664. The Labute approximate surface area is 132 Å². The standard InChI is InChI=1S/C13H18BrF2NO3S/c1-2-3-6-20-7-4-5-17-21(18,19)13-11(14)8-10(15)9-12(13)16/h8-9,17H,2-7H2,1H3. The Morgan fingerprint density at radius 3 is 2.52 bits per heavy atom. The fraction of sp³-hybridized carbons (Fsp3) is 0.538. The molecule has 0 fully saturated rings. The van der Waals surface area contributed by atoms with Crippen LogP contribution in [-0.4, -0.2) is 28.2 Å². The second-order valence-electron chi connectivity index (χ2n) is 4.42. The molecule has 1 aromatic carbocycles. The van der Waals surface area contributed by atoms with E-state index in [-0.39, 0.29) is 11.0 Å². The van der Waals surface area contributed by atoms with E-state index in [1.54, 1.807) is 0 Å². The highest BCUT2D eigenvalue weighted by atomic mass is 79.9. The minimum Gasteiger partial charge on any atom is -0.381 e. The molecule has 4 nitrogen and oxygen atoms in total. The lowest BCUT2D eigenvalue weighted by Gasteiger charge is -2.10. The molecule has 0 saturated heterocycles. The van der Waals surface area contributed by atoms with E-state index in [1.807, 2.05) is 6.92 Å². The summed E-state index contributed by atoms with van der Waals surface area (Å²) >= 11 is 2.86. The van der Waals surface area contributed by atoms with Crippen LogP contribution in [0.15, 0.2) is 21.5 Å². The van der Waals surface area contributed by atoms with Crippen LogP contribution in [0, 0.1) is 11.6 Å². The highest BCUT2D eigenvalue weighted by Crippen LogP contribution is 2.25. The Morgan fingerprint density at radius 2 is 1.90 bits per heavy atom. The summed E-state index contributed by atoms with van der Waals surface area (Å²) in [6.45, 7) is 3.24. The Bertz CT molecular complexity index is 544. The van der Waals surface area contributed by atoms with Gasteiger partial charge in [0, 0.05) is 30.3 Å². The summed E-state index contributed by atoms with van der Waals surface area (Å²) in [6, 6.07) is 1.44. The topological polar surface area (TPSA) is 55.4 Å². The first kappa shape index (κ1) is 18.5. The van der Waals surface area contributed by atoms with Gasteiger partial charge in [-0.1, -0.05) is 13.3 Å². The van der Waals surface area contributed by atoms with Crippen LogP contribution in [0.3, 0.4) is 0 Å². The maximum absolute atomic E-state index is 13.6. The highest BCUT2D eigenvalue weighted by Gasteiger charge is 2.23.